The summed E-state index contributed by atoms with van der Waals surface area (Å²) in [6.45, 7) is 17.4. The summed E-state index contributed by atoms with van der Waals surface area (Å²) in [6, 6.07) is 3.69. The van der Waals surface area contributed by atoms with Crippen LogP contribution in [-0.2, 0) is 10.8 Å². The first-order valence-corrected chi connectivity index (χ1v) is 13.1. The van der Waals surface area contributed by atoms with Gasteiger partial charge in [-0.25, -0.2) is 0 Å². The number of Topliss-reactive ketones (excluding diaryl/α,β-unsaturated/α-hetero) is 1. The number of benzene rings is 1. The second-order valence-corrected chi connectivity index (χ2v) is 12.9. The van der Waals surface area contributed by atoms with Crippen molar-refractivity contribution in [2.45, 2.75) is 104 Å². The zero-order valence-corrected chi connectivity index (χ0v) is 22.6. The molecular formula is C29H46N2O3. The van der Waals surface area contributed by atoms with E-state index in [0.29, 0.717) is 23.2 Å². The molecule has 34 heavy (non-hydrogen) atoms. The predicted molar refractivity (Wildman–Crippen MR) is 139 cm³/mol. The molecule has 0 aromatic heterocycles. The summed E-state index contributed by atoms with van der Waals surface area (Å²) in [5, 5.41) is 30.5. The fraction of sp³-hybridized carbons (Fsp3) is 0.724. The van der Waals surface area contributed by atoms with Gasteiger partial charge in [0, 0.05) is 29.2 Å². The number of hydrogen-bond donors (Lipinski definition) is 3. The van der Waals surface area contributed by atoms with Gasteiger partial charge in [-0.15, -0.1) is 0 Å². The fourth-order valence-corrected chi connectivity index (χ4v) is 5.99. The van der Waals surface area contributed by atoms with Gasteiger partial charge in [0.05, 0.1) is 18.0 Å². The monoisotopic (exact) mass is 470 g/mol. The Hall–Kier alpha value is -1.88. The quantitative estimate of drug-likeness (QED) is 0.424. The number of phenolic OH excluding ortho intramolecular Hbond substituents is 1. The SMILES string of the molecule is CCC(O)(CC)C[C@H]1C[C@H]2CN(CC(=O)c3cc(C(C)(C)C)c(O)c(C(C)(C)C)c3)C(=N)[C@H]2C1. The maximum absolute atomic E-state index is 13.4. The van der Waals surface area contributed by atoms with Crippen LogP contribution in [0.15, 0.2) is 12.1 Å². The van der Waals surface area contributed by atoms with Gasteiger partial charge in [0.1, 0.15) is 5.75 Å². The summed E-state index contributed by atoms with van der Waals surface area (Å²) in [5.74, 6) is 1.93. The van der Waals surface area contributed by atoms with Crippen molar-refractivity contribution in [2.24, 2.45) is 17.8 Å². The standard InChI is InChI=1S/C29H46N2O3/c1-9-29(34,10-2)15-18-11-20-16-31(26(30)21(20)12-18)17-24(32)19-13-22(27(3,4)5)25(33)23(14-19)28(6,7)8/h13-14,18,20-21,30,33-34H,9-12,15-17H2,1-8H3/t18-,20-,21-/m0/s1. The first-order valence-electron chi connectivity index (χ1n) is 13.1. The summed E-state index contributed by atoms with van der Waals surface area (Å²) < 4.78 is 0. The van der Waals surface area contributed by atoms with Crippen molar-refractivity contribution in [1.82, 2.24) is 4.90 Å². The Morgan fingerprint density at radius 3 is 2.00 bits per heavy atom. The molecule has 5 heteroatoms. The third-order valence-corrected chi connectivity index (χ3v) is 8.31. The van der Waals surface area contributed by atoms with Crippen LogP contribution in [0, 0.1) is 23.2 Å². The fourth-order valence-electron chi connectivity index (χ4n) is 5.99. The first-order chi connectivity index (χ1) is 15.6. The van der Waals surface area contributed by atoms with E-state index in [-0.39, 0.29) is 34.8 Å². The Bertz CT molecular complexity index is 899. The van der Waals surface area contributed by atoms with Gasteiger partial charge in [0.2, 0.25) is 0 Å². The van der Waals surface area contributed by atoms with Gasteiger partial charge >= 0.3 is 0 Å². The minimum absolute atomic E-state index is 0.00335. The van der Waals surface area contributed by atoms with Crippen molar-refractivity contribution in [3.05, 3.63) is 28.8 Å². The molecule has 1 heterocycles. The van der Waals surface area contributed by atoms with Crippen molar-refractivity contribution < 1.29 is 15.0 Å². The van der Waals surface area contributed by atoms with Gasteiger partial charge in [0.15, 0.2) is 5.78 Å². The predicted octanol–water partition coefficient (Wildman–Crippen LogP) is 6.05. The molecule has 1 aromatic carbocycles. The molecule has 1 aliphatic carbocycles. The molecule has 1 aromatic rings. The molecule has 2 aliphatic rings. The van der Waals surface area contributed by atoms with E-state index >= 15 is 0 Å². The second-order valence-electron chi connectivity index (χ2n) is 12.9. The highest BCUT2D eigenvalue weighted by atomic mass is 16.3. The molecule has 0 radical (unpaired) electrons. The molecule has 5 nitrogen and oxygen atoms in total. The lowest BCUT2D eigenvalue weighted by Gasteiger charge is -2.29. The van der Waals surface area contributed by atoms with Crippen LogP contribution in [0.2, 0.25) is 0 Å². The van der Waals surface area contributed by atoms with Crippen LogP contribution in [-0.4, -0.2) is 45.4 Å². The van der Waals surface area contributed by atoms with Crippen LogP contribution in [0.5, 0.6) is 5.75 Å². The van der Waals surface area contributed by atoms with Crippen LogP contribution >= 0.6 is 0 Å². The molecule has 1 aliphatic heterocycles. The highest BCUT2D eigenvalue weighted by Crippen LogP contribution is 2.46. The molecule has 0 bridgehead atoms. The minimum atomic E-state index is -0.588. The molecule has 2 fully saturated rings. The van der Waals surface area contributed by atoms with Crippen LogP contribution < -0.4 is 0 Å². The Morgan fingerprint density at radius 1 is 1.03 bits per heavy atom. The van der Waals surface area contributed by atoms with Crippen molar-refractivity contribution in [3.8, 4) is 5.75 Å². The van der Waals surface area contributed by atoms with E-state index < -0.39 is 5.60 Å². The number of aromatic hydroxyl groups is 1. The van der Waals surface area contributed by atoms with Gasteiger partial charge in [-0.3, -0.25) is 10.2 Å². The molecular weight excluding hydrogens is 424 g/mol. The topological polar surface area (TPSA) is 84.6 Å². The van der Waals surface area contributed by atoms with Crippen LogP contribution in [0.1, 0.15) is 109 Å². The molecule has 1 saturated heterocycles. The lowest BCUT2D eigenvalue weighted by molar-refractivity contribution is 0.00776. The van der Waals surface area contributed by atoms with Gasteiger partial charge in [0.25, 0.3) is 0 Å². The zero-order chi connectivity index (χ0) is 25.6. The third kappa shape index (κ3) is 5.35. The van der Waals surface area contributed by atoms with Crippen molar-refractivity contribution in [3.63, 3.8) is 0 Å². The van der Waals surface area contributed by atoms with E-state index in [4.69, 9.17) is 5.41 Å². The molecule has 0 spiro atoms. The normalized spacial score (nSPS) is 23.5. The minimum Gasteiger partial charge on any atom is -0.507 e. The maximum Gasteiger partial charge on any atom is 0.182 e. The number of carbonyl (C=O) groups is 1. The van der Waals surface area contributed by atoms with Gasteiger partial charge in [-0.2, -0.15) is 0 Å². The lowest BCUT2D eigenvalue weighted by Crippen LogP contribution is -2.34. The average Bonchev–Trinajstić information content (AvgIpc) is 3.24. The third-order valence-electron chi connectivity index (χ3n) is 8.31. The molecule has 3 N–H and O–H groups in total. The number of likely N-dealkylation sites (tertiary alicyclic amines) is 1. The Morgan fingerprint density at radius 2 is 1.56 bits per heavy atom. The number of phenols is 1. The molecule has 3 rings (SSSR count). The lowest BCUT2D eigenvalue weighted by atomic mass is 9.78. The van der Waals surface area contributed by atoms with Gasteiger partial charge < -0.3 is 15.1 Å². The number of nitrogens with zero attached hydrogens (tertiary/aromatic N) is 1. The van der Waals surface area contributed by atoms with E-state index in [9.17, 15) is 15.0 Å². The number of aliphatic hydroxyl groups is 1. The van der Waals surface area contributed by atoms with Crippen molar-refractivity contribution >= 4 is 11.6 Å². The Balaban J connectivity index is 1.75. The number of ketones is 1. The smallest absolute Gasteiger partial charge is 0.182 e. The summed E-state index contributed by atoms with van der Waals surface area (Å²) in [7, 11) is 0. The second kappa shape index (κ2) is 9.29. The molecule has 1 saturated carbocycles. The van der Waals surface area contributed by atoms with E-state index in [1.165, 1.54) is 0 Å². The van der Waals surface area contributed by atoms with Crippen LogP contribution in [0.3, 0.4) is 0 Å². The van der Waals surface area contributed by atoms with E-state index in [1.54, 1.807) is 0 Å². The molecule has 0 unspecified atom stereocenters. The largest absolute Gasteiger partial charge is 0.507 e. The molecule has 190 valence electrons. The first kappa shape index (κ1) is 26.7. The molecule has 3 atom stereocenters. The Labute approximate surface area is 206 Å². The number of hydrogen-bond acceptors (Lipinski definition) is 4. The van der Waals surface area contributed by atoms with Crippen molar-refractivity contribution in [2.75, 3.05) is 13.1 Å². The highest BCUT2D eigenvalue weighted by Gasteiger charge is 2.46. The molecule has 0 amide bonds. The Kier molecular flexibility index (Phi) is 7.30. The number of fused-ring (bicyclic) bond motifs is 1. The average molecular weight is 471 g/mol. The van der Waals surface area contributed by atoms with Crippen LogP contribution in [0.25, 0.3) is 0 Å². The zero-order valence-electron chi connectivity index (χ0n) is 22.6. The summed E-state index contributed by atoms with van der Waals surface area (Å²) in [5.41, 5.74) is 1.04. The highest BCUT2D eigenvalue weighted by molar-refractivity contribution is 6.01. The maximum atomic E-state index is 13.4. The number of amidine groups is 1. The number of rotatable bonds is 7. The van der Waals surface area contributed by atoms with Gasteiger partial charge in [-0.05, 0) is 66.9 Å². The summed E-state index contributed by atoms with van der Waals surface area (Å²) in [6.07, 6.45) is 4.33. The van der Waals surface area contributed by atoms with E-state index in [1.807, 2.05) is 30.9 Å². The van der Waals surface area contributed by atoms with Gasteiger partial charge in [-0.1, -0.05) is 55.4 Å². The number of carbonyl (C=O) groups excluding carboxylic acids is 1. The summed E-state index contributed by atoms with van der Waals surface area (Å²) in [4.78, 5) is 15.4. The summed E-state index contributed by atoms with van der Waals surface area (Å²) >= 11 is 0. The van der Waals surface area contributed by atoms with Crippen LogP contribution in [0.4, 0.5) is 0 Å². The van der Waals surface area contributed by atoms with E-state index in [2.05, 4.69) is 41.5 Å². The number of nitrogens with one attached hydrogen (secondary N) is 1. The van der Waals surface area contributed by atoms with E-state index in [0.717, 1.165) is 49.8 Å². The van der Waals surface area contributed by atoms with Crippen molar-refractivity contribution in [1.29, 1.82) is 5.41 Å².